The number of rotatable bonds is 2. The van der Waals surface area contributed by atoms with Gasteiger partial charge in [-0.15, -0.1) is 5.53 Å². The minimum Gasteiger partial charge on any atom is -0.505 e. The Hall–Kier alpha value is -2.22. The Balaban J connectivity index is 1.34. The molecule has 142 valence electrons. The van der Waals surface area contributed by atoms with Crippen LogP contribution in [0.2, 0.25) is 5.02 Å². The van der Waals surface area contributed by atoms with E-state index in [0.29, 0.717) is 16.8 Å². The van der Waals surface area contributed by atoms with Crippen LogP contribution in [0, 0.1) is 11.2 Å². The van der Waals surface area contributed by atoms with Crippen molar-refractivity contribution in [3.05, 3.63) is 41.2 Å². The zero-order valence-corrected chi connectivity index (χ0v) is 15.4. The molecule has 0 unspecified atom stereocenters. The standard InChI is InChI=1S/C19H20ClFN4O2/c20-16-17(21)15(26)9-14-18(16)22-23-25(14)13-3-1-12(2-4-13)24-10-19(11-24)5-7-27-8-6-19/h1-4,9,22-23,26H,5-8,10-11H2. The summed E-state index contributed by atoms with van der Waals surface area (Å²) >= 11 is 5.98. The Kier molecular flexibility index (Phi) is 3.86. The van der Waals surface area contributed by atoms with Crippen molar-refractivity contribution < 1.29 is 14.2 Å². The second-order valence-corrected chi connectivity index (χ2v) is 7.85. The van der Waals surface area contributed by atoms with Gasteiger partial charge in [0.05, 0.1) is 17.1 Å². The van der Waals surface area contributed by atoms with Gasteiger partial charge in [0, 0.05) is 43.5 Å². The third-order valence-corrected chi connectivity index (χ3v) is 6.13. The van der Waals surface area contributed by atoms with Crippen LogP contribution in [-0.4, -0.2) is 31.4 Å². The van der Waals surface area contributed by atoms with Gasteiger partial charge in [-0.05, 0) is 37.1 Å². The molecule has 0 saturated carbocycles. The Morgan fingerprint density at radius 3 is 2.48 bits per heavy atom. The highest BCUT2D eigenvalue weighted by molar-refractivity contribution is 6.34. The number of hydrogen-bond acceptors (Lipinski definition) is 6. The molecule has 2 aromatic carbocycles. The molecule has 1 spiro atoms. The van der Waals surface area contributed by atoms with Gasteiger partial charge in [-0.3, -0.25) is 10.4 Å². The summed E-state index contributed by atoms with van der Waals surface area (Å²) in [5.74, 6) is -1.31. The highest BCUT2D eigenvalue weighted by Gasteiger charge is 2.43. The van der Waals surface area contributed by atoms with Gasteiger partial charge < -0.3 is 14.7 Å². The molecule has 0 amide bonds. The summed E-state index contributed by atoms with van der Waals surface area (Å²) in [6.07, 6.45) is 2.28. The number of aromatic hydroxyl groups is 1. The molecule has 2 fully saturated rings. The van der Waals surface area contributed by atoms with Gasteiger partial charge in [0.2, 0.25) is 0 Å². The summed E-state index contributed by atoms with van der Waals surface area (Å²) in [7, 11) is 0. The van der Waals surface area contributed by atoms with Crippen molar-refractivity contribution >= 4 is 34.4 Å². The summed E-state index contributed by atoms with van der Waals surface area (Å²) < 4.78 is 19.3. The second kappa shape index (κ2) is 6.15. The van der Waals surface area contributed by atoms with Crippen molar-refractivity contribution in [3.63, 3.8) is 0 Å². The first kappa shape index (κ1) is 16.9. The Bertz CT molecular complexity index is 878. The first-order valence-corrected chi connectivity index (χ1v) is 9.40. The molecule has 0 aliphatic carbocycles. The van der Waals surface area contributed by atoms with Crippen LogP contribution >= 0.6 is 11.6 Å². The number of benzene rings is 2. The largest absolute Gasteiger partial charge is 0.505 e. The molecule has 0 bridgehead atoms. The Morgan fingerprint density at radius 1 is 1.11 bits per heavy atom. The molecule has 0 atom stereocenters. The molecule has 8 heteroatoms. The molecule has 0 aromatic heterocycles. The van der Waals surface area contributed by atoms with Crippen LogP contribution in [0.1, 0.15) is 12.8 Å². The van der Waals surface area contributed by atoms with Crippen molar-refractivity contribution in [2.24, 2.45) is 5.41 Å². The maximum absolute atomic E-state index is 13.8. The molecular weight excluding hydrogens is 371 g/mol. The number of anilines is 4. The first-order valence-electron chi connectivity index (χ1n) is 9.02. The lowest BCUT2D eigenvalue weighted by Crippen LogP contribution is -2.58. The number of halogens is 2. The zero-order chi connectivity index (χ0) is 18.6. The average molecular weight is 391 g/mol. The van der Waals surface area contributed by atoms with Crippen LogP contribution in [0.3, 0.4) is 0 Å². The lowest BCUT2D eigenvalue weighted by Gasteiger charge is -2.53. The minimum absolute atomic E-state index is 0.140. The number of hydrogen-bond donors (Lipinski definition) is 3. The molecule has 3 heterocycles. The lowest BCUT2D eigenvalue weighted by molar-refractivity contribution is -0.000190. The number of hydrazine groups is 2. The summed E-state index contributed by atoms with van der Waals surface area (Å²) in [5.41, 5.74) is 9.24. The van der Waals surface area contributed by atoms with E-state index in [1.54, 1.807) is 5.01 Å². The molecule has 6 nitrogen and oxygen atoms in total. The van der Waals surface area contributed by atoms with E-state index in [0.717, 1.165) is 44.8 Å². The molecule has 3 aliphatic heterocycles. The quantitative estimate of drug-likeness (QED) is 0.678. The van der Waals surface area contributed by atoms with Crippen molar-refractivity contribution in [3.8, 4) is 5.75 Å². The number of phenols is 1. The van der Waals surface area contributed by atoms with E-state index in [1.807, 2.05) is 12.1 Å². The summed E-state index contributed by atoms with van der Waals surface area (Å²) in [5, 5.41) is 11.3. The van der Waals surface area contributed by atoms with Crippen LogP contribution in [0.25, 0.3) is 0 Å². The van der Waals surface area contributed by atoms with Crippen LogP contribution in [-0.2, 0) is 4.74 Å². The minimum atomic E-state index is -0.832. The Labute approximate surface area is 161 Å². The lowest BCUT2D eigenvalue weighted by atomic mass is 9.73. The molecule has 0 radical (unpaired) electrons. The maximum atomic E-state index is 13.8. The predicted octanol–water partition coefficient (Wildman–Crippen LogP) is 3.78. The van der Waals surface area contributed by atoms with E-state index >= 15 is 0 Å². The normalized spacial score (nSPS) is 20.4. The molecule has 2 saturated heterocycles. The monoisotopic (exact) mass is 390 g/mol. The molecule has 27 heavy (non-hydrogen) atoms. The van der Waals surface area contributed by atoms with Crippen molar-refractivity contribution in [1.82, 2.24) is 5.53 Å². The van der Waals surface area contributed by atoms with Gasteiger partial charge in [0.1, 0.15) is 5.02 Å². The number of nitrogens with zero attached hydrogens (tertiary/aromatic N) is 2. The van der Waals surface area contributed by atoms with Gasteiger partial charge in [-0.25, -0.2) is 4.39 Å². The van der Waals surface area contributed by atoms with Gasteiger partial charge in [-0.1, -0.05) is 11.6 Å². The van der Waals surface area contributed by atoms with Crippen molar-refractivity contribution in [1.29, 1.82) is 0 Å². The molecule has 2 aromatic rings. The first-order chi connectivity index (χ1) is 13.1. The van der Waals surface area contributed by atoms with E-state index in [2.05, 4.69) is 28.0 Å². The van der Waals surface area contributed by atoms with Gasteiger partial charge in [0.25, 0.3) is 0 Å². The SMILES string of the molecule is Oc1cc2c(c(Cl)c1F)NNN2c1ccc(N2CC3(CCOCC3)C2)cc1. The molecular formula is C19H20ClFN4O2. The molecule has 5 rings (SSSR count). The van der Waals surface area contributed by atoms with E-state index in [9.17, 15) is 9.50 Å². The van der Waals surface area contributed by atoms with E-state index < -0.39 is 11.6 Å². The average Bonchev–Trinajstić information content (AvgIpc) is 3.09. The van der Waals surface area contributed by atoms with E-state index in [4.69, 9.17) is 16.3 Å². The smallest absolute Gasteiger partial charge is 0.185 e. The highest BCUT2D eigenvalue weighted by atomic mass is 35.5. The van der Waals surface area contributed by atoms with Gasteiger partial charge >= 0.3 is 0 Å². The topological polar surface area (TPSA) is 60.0 Å². The van der Waals surface area contributed by atoms with Crippen LogP contribution in [0.15, 0.2) is 30.3 Å². The summed E-state index contributed by atoms with van der Waals surface area (Å²) in [6.45, 7) is 3.89. The van der Waals surface area contributed by atoms with Crippen LogP contribution < -0.4 is 20.9 Å². The number of fused-ring (bicyclic) bond motifs is 1. The summed E-state index contributed by atoms with van der Waals surface area (Å²) in [6, 6.07) is 9.48. The number of nitrogens with one attached hydrogen (secondary N) is 2. The maximum Gasteiger partial charge on any atom is 0.185 e. The van der Waals surface area contributed by atoms with Crippen LogP contribution in [0.5, 0.6) is 5.75 Å². The van der Waals surface area contributed by atoms with Crippen molar-refractivity contribution in [2.45, 2.75) is 12.8 Å². The fraction of sp³-hybridized carbons (Fsp3) is 0.368. The van der Waals surface area contributed by atoms with E-state index in [1.165, 1.54) is 11.8 Å². The van der Waals surface area contributed by atoms with Gasteiger partial charge in [-0.2, -0.15) is 0 Å². The predicted molar refractivity (Wildman–Crippen MR) is 103 cm³/mol. The number of phenolic OH excluding ortho intramolecular Hbond substituents is 1. The fourth-order valence-corrected chi connectivity index (χ4v) is 4.39. The highest BCUT2D eigenvalue weighted by Crippen LogP contribution is 2.45. The Morgan fingerprint density at radius 2 is 1.78 bits per heavy atom. The number of ether oxygens (including phenoxy) is 1. The second-order valence-electron chi connectivity index (χ2n) is 7.47. The zero-order valence-electron chi connectivity index (χ0n) is 14.6. The summed E-state index contributed by atoms with van der Waals surface area (Å²) in [4.78, 5) is 2.39. The fourth-order valence-electron chi connectivity index (χ4n) is 4.15. The van der Waals surface area contributed by atoms with Crippen molar-refractivity contribution in [2.75, 3.05) is 41.6 Å². The third kappa shape index (κ3) is 2.69. The van der Waals surface area contributed by atoms with Gasteiger partial charge in [0.15, 0.2) is 11.6 Å². The van der Waals surface area contributed by atoms with Crippen LogP contribution in [0.4, 0.5) is 27.1 Å². The molecule has 3 aliphatic rings. The third-order valence-electron chi connectivity index (χ3n) is 5.78. The van der Waals surface area contributed by atoms with E-state index in [-0.39, 0.29) is 5.02 Å². The molecule has 3 N–H and O–H groups in total.